The Kier molecular flexibility index (Phi) is 6.51. The molecule has 0 bridgehead atoms. The van der Waals surface area contributed by atoms with Gasteiger partial charge >= 0.3 is 0 Å². The number of hydrogen-bond donors (Lipinski definition) is 1. The summed E-state index contributed by atoms with van der Waals surface area (Å²) in [5.41, 5.74) is 2.74. The van der Waals surface area contributed by atoms with Crippen LogP contribution in [0.2, 0.25) is 0 Å². The molecular formula is C17H22N2. The van der Waals surface area contributed by atoms with E-state index in [9.17, 15) is 0 Å². The topological polar surface area (TPSA) is 36.2 Å². The Labute approximate surface area is 116 Å². The number of dihydropyridines is 1. The van der Waals surface area contributed by atoms with E-state index in [1.54, 1.807) is 0 Å². The van der Waals surface area contributed by atoms with Gasteiger partial charge in [0.2, 0.25) is 0 Å². The predicted molar refractivity (Wildman–Crippen MR) is 84.5 cm³/mol. The van der Waals surface area contributed by atoms with Crippen LogP contribution in [0.4, 0.5) is 0 Å². The van der Waals surface area contributed by atoms with Crippen LogP contribution < -0.4 is 0 Å². The molecule has 1 unspecified atom stereocenters. The van der Waals surface area contributed by atoms with Crippen LogP contribution in [-0.2, 0) is 0 Å². The Balaban J connectivity index is 0.000000218. The normalized spacial score (nSPS) is 17.1. The summed E-state index contributed by atoms with van der Waals surface area (Å²) in [5.74, 6) is 0. The fraction of sp³-hybridized carbons (Fsp3) is 0.294. The number of rotatable bonds is 2. The quantitative estimate of drug-likeness (QED) is 0.762. The second-order valence-electron chi connectivity index (χ2n) is 4.54. The van der Waals surface area contributed by atoms with Crippen LogP contribution in [0.25, 0.3) is 0 Å². The SMILES string of the molecule is C/C=C\C(=N)c1ccccc1C.CC1CC=CC=N1. The monoisotopic (exact) mass is 254 g/mol. The van der Waals surface area contributed by atoms with E-state index < -0.39 is 0 Å². The van der Waals surface area contributed by atoms with Crippen molar-refractivity contribution in [2.75, 3.05) is 0 Å². The molecule has 19 heavy (non-hydrogen) atoms. The van der Waals surface area contributed by atoms with Gasteiger partial charge in [0.05, 0.1) is 11.8 Å². The van der Waals surface area contributed by atoms with Gasteiger partial charge in [-0.25, -0.2) is 0 Å². The lowest BCUT2D eigenvalue weighted by molar-refractivity contribution is 0.757. The average Bonchev–Trinajstić information content (AvgIpc) is 2.41. The molecule has 0 saturated heterocycles. The third kappa shape index (κ3) is 5.47. The molecule has 1 atom stereocenters. The summed E-state index contributed by atoms with van der Waals surface area (Å²) in [6.45, 7) is 6.06. The minimum atomic E-state index is 0.519. The summed E-state index contributed by atoms with van der Waals surface area (Å²) in [4.78, 5) is 4.12. The van der Waals surface area contributed by atoms with Crippen molar-refractivity contribution in [3.05, 3.63) is 59.7 Å². The van der Waals surface area contributed by atoms with Gasteiger partial charge in [-0.1, -0.05) is 36.4 Å². The zero-order chi connectivity index (χ0) is 14.1. The third-order valence-corrected chi connectivity index (χ3v) is 2.81. The van der Waals surface area contributed by atoms with E-state index in [1.165, 1.54) is 0 Å². The summed E-state index contributed by atoms with van der Waals surface area (Å²) in [6.07, 6.45) is 10.8. The summed E-state index contributed by atoms with van der Waals surface area (Å²) in [5, 5.41) is 7.68. The highest BCUT2D eigenvalue weighted by atomic mass is 14.8. The molecule has 1 aromatic rings. The highest BCUT2D eigenvalue weighted by Crippen LogP contribution is 2.07. The molecule has 0 spiro atoms. The van der Waals surface area contributed by atoms with Crippen LogP contribution >= 0.6 is 0 Å². The van der Waals surface area contributed by atoms with Crippen molar-refractivity contribution in [2.45, 2.75) is 33.2 Å². The summed E-state index contributed by atoms with van der Waals surface area (Å²) in [7, 11) is 0. The molecule has 1 aromatic carbocycles. The molecule has 0 radical (unpaired) electrons. The molecule has 2 heteroatoms. The molecule has 0 amide bonds. The maximum atomic E-state index is 7.68. The Morgan fingerprint density at radius 3 is 2.58 bits per heavy atom. The minimum absolute atomic E-state index is 0.519. The first kappa shape index (κ1) is 15.1. The van der Waals surface area contributed by atoms with Crippen LogP contribution in [0.3, 0.4) is 0 Å². The molecule has 1 N–H and O–H groups in total. The lowest BCUT2D eigenvalue weighted by Gasteiger charge is -2.02. The zero-order valence-corrected chi connectivity index (χ0v) is 11.9. The smallest absolute Gasteiger partial charge is 0.0611 e. The van der Waals surface area contributed by atoms with Crippen molar-refractivity contribution < 1.29 is 0 Å². The maximum absolute atomic E-state index is 7.68. The Morgan fingerprint density at radius 1 is 1.37 bits per heavy atom. The molecule has 2 rings (SSSR count). The van der Waals surface area contributed by atoms with Crippen molar-refractivity contribution in [1.82, 2.24) is 0 Å². The Morgan fingerprint density at radius 2 is 2.11 bits per heavy atom. The van der Waals surface area contributed by atoms with Gasteiger partial charge in [-0.15, -0.1) is 0 Å². The molecule has 2 nitrogen and oxygen atoms in total. The number of aryl methyl sites for hydroxylation is 1. The van der Waals surface area contributed by atoms with Gasteiger partial charge in [0.25, 0.3) is 0 Å². The van der Waals surface area contributed by atoms with Gasteiger partial charge in [0, 0.05) is 11.8 Å². The second-order valence-corrected chi connectivity index (χ2v) is 4.54. The van der Waals surface area contributed by atoms with E-state index in [2.05, 4.69) is 18.0 Å². The van der Waals surface area contributed by atoms with Crippen molar-refractivity contribution in [3.8, 4) is 0 Å². The number of aliphatic imine (C=N–C) groups is 1. The van der Waals surface area contributed by atoms with Crippen molar-refractivity contribution in [3.63, 3.8) is 0 Å². The van der Waals surface area contributed by atoms with Crippen LogP contribution in [-0.4, -0.2) is 18.0 Å². The zero-order valence-electron chi connectivity index (χ0n) is 11.9. The number of nitrogens with one attached hydrogen (secondary N) is 1. The maximum Gasteiger partial charge on any atom is 0.0611 e. The first-order valence-electron chi connectivity index (χ1n) is 6.60. The predicted octanol–water partition coefficient (Wildman–Crippen LogP) is 4.34. The molecule has 0 aromatic heterocycles. The molecule has 0 aliphatic carbocycles. The Bertz CT molecular complexity index is 496. The summed E-state index contributed by atoms with van der Waals surface area (Å²) < 4.78 is 0. The van der Waals surface area contributed by atoms with Gasteiger partial charge < -0.3 is 5.41 Å². The fourth-order valence-electron chi connectivity index (χ4n) is 1.73. The highest BCUT2D eigenvalue weighted by molar-refractivity contribution is 6.07. The van der Waals surface area contributed by atoms with Crippen molar-refractivity contribution in [1.29, 1.82) is 5.41 Å². The van der Waals surface area contributed by atoms with E-state index in [0.717, 1.165) is 17.5 Å². The highest BCUT2D eigenvalue weighted by Gasteiger charge is 1.98. The molecule has 1 aliphatic rings. The van der Waals surface area contributed by atoms with E-state index in [4.69, 9.17) is 5.41 Å². The molecular weight excluding hydrogens is 232 g/mol. The molecule has 1 aliphatic heterocycles. The number of hydrogen-bond acceptors (Lipinski definition) is 2. The third-order valence-electron chi connectivity index (χ3n) is 2.81. The van der Waals surface area contributed by atoms with Crippen LogP contribution in [0, 0.1) is 12.3 Å². The second kappa shape index (κ2) is 8.20. The number of nitrogens with zero attached hydrogens (tertiary/aromatic N) is 1. The number of benzene rings is 1. The summed E-state index contributed by atoms with van der Waals surface area (Å²) in [6, 6.07) is 8.46. The van der Waals surface area contributed by atoms with Gasteiger partial charge in [0.15, 0.2) is 0 Å². The van der Waals surface area contributed by atoms with Crippen molar-refractivity contribution >= 4 is 11.9 Å². The first-order valence-corrected chi connectivity index (χ1v) is 6.60. The molecule has 1 heterocycles. The lowest BCUT2D eigenvalue weighted by Crippen LogP contribution is -1.97. The van der Waals surface area contributed by atoms with E-state index in [0.29, 0.717) is 11.8 Å². The fourth-order valence-corrected chi connectivity index (χ4v) is 1.73. The molecule has 0 fully saturated rings. The van der Waals surface area contributed by atoms with Gasteiger partial charge in [-0.05, 0) is 44.9 Å². The molecule has 100 valence electrons. The lowest BCUT2D eigenvalue weighted by atomic mass is 10.0. The van der Waals surface area contributed by atoms with Gasteiger partial charge in [0.1, 0.15) is 0 Å². The van der Waals surface area contributed by atoms with E-state index in [1.807, 2.05) is 62.6 Å². The largest absolute Gasteiger partial charge is 0.300 e. The summed E-state index contributed by atoms with van der Waals surface area (Å²) >= 11 is 0. The minimum Gasteiger partial charge on any atom is -0.300 e. The van der Waals surface area contributed by atoms with Crippen molar-refractivity contribution in [2.24, 2.45) is 4.99 Å². The standard InChI is InChI=1S/C11H13N.C6H9N/c1-3-6-11(12)10-8-5-4-7-9(10)2;1-6-4-2-3-5-7-6/h3-8,12H,1-2H3;2-3,5-6H,4H2,1H3/b6-3-,12-11?;. The molecule has 0 saturated carbocycles. The number of allylic oxidation sites excluding steroid dienone is 3. The Hall–Kier alpha value is -1.96. The first-order chi connectivity index (χ1) is 9.15. The van der Waals surface area contributed by atoms with E-state index in [-0.39, 0.29) is 0 Å². The van der Waals surface area contributed by atoms with E-state index >= 15 is 0 Å². The van der Waals surface area contributed by atoms with Crippen LogP contribution in [0.5, 0.6) is 0 Å². The van der Waals surface area contributed by atoms with Crippen LogP contribution in [0.15, 0.2) is 53.6 Å². The van der Waals surface area contributed by atoms with Gasteiger partial charge in [-0.2, -0.15) is 0 Å². The van der Waals surface area contributed by atoms with Gasteiger partial charge in [-0.3, -0.25) is 4.99 Å². The van der Waals surface area contributed by atoms with Crippen LogP contribution in [0.1, 0.15) is 31.4 Å². The average molecular weight is 254 g/mol.